The number of hydrogen-bond acceptors (Lipinski definition) is 3. The van der Waals surface area contributed by atoms with E-state index in [-0.39, 0.29) is 11.9 Å². The zero-order valence-corrected chi connectivity index (χ0v) is 10.6. The summed E-state index contributed by atoms with van der Waals surface area (Å²) in [5.74, 6) is -0.241. The molecule has 0 heterocycles. The Labute approximate surface area is 107 Å². The number of nitrogens with zero attached hydrogens (tertiary/aromatic N) is 2. The van der Waals surface area contributed by atoms with E-state index in [1.165, 1.54) is 6.07 Å². The summed E-state index contributed by atoms with van der Waals surface area (Å²) >= 11 is 0. The molecule has 0 bridgehead atoms. The van der Waals surface area contributed by atoms with Crippen LogP contribution in [0.25, 0.3) is 0 Å². The first-order chi connectivity index (χ1) is 8.63. The second kappa shape index (κ2) is 5.36. The zero-order chi connectivity index (χ0) is 13.1. The van der Waals surface area contributed by atoms with Gasteiger partial charge in [-0.3, -0.25) is 0 Å². The van der Waals surface area contributed by atoms with Gasteiger partial charge in [0.05, 0.1) is 18.2 Å². The topological polar surface area (TPSA) is 53.0 Å². The average molecular weight is 247 g/mol. The molecule has 0 amide bonds. The fourth-order valence-electron chi connectivity index (χ4n) is 2.10. The maximum Gasteiger partial charge on any atom is 0.146 e. The molecule has 2 rings (SSSR count). The molecule has 1 saturated carbocycles. The average Bonchev–Trinajstić information content (AvgIpc) is 3.15. The highest BCUT2D eigenvalue weighted by atomic mass is 19.1. The zero-order valence-electron chi connectivity index (χ0n) is 10.6. The van der Waals surface area contributed by atoms with Crippen molar-refractivity contribution in [1.82, 2.24) is 0 Å². The van der Waals surface area contributed by atoms with Crippen LogP contribution >= 0.6 is 0 Å². The van der Waals surface area contributed by atoms with E-state index in [0.717, 1.165) is 18.4 Å². The van der Waals surface area contributed by atoms with Gasteiger partial charge < -0.3 is 10.6 Å². The molecule has 0 radical (unpaired) electrons. The lowest BCUT2D eigenvalue weighted by Gasteiger charge is -2.24. The minimum atomic E-state index is -0.241. The van der Waals surface area contributed by atoms with Crippen LogP contribution in [0.2, 0.25) is 0 Å². The normalized spacial score (nSPS) is 16.1. The van der Waals surface area contributed by atoms with Crippen LogP contribution in [-0.2, 0) is 0 Å². The van der Waals surface area contributed by atoms with Gasteiger partial charge in [-0.05, 0) is 37.5 Å². The highest BCUT2D eigenvalue weighted by Crippen LogP contribution is 2.33. The molecule has 4 heteroatoms. The van der Waals surface area contributed by atoms with Crippen molar-refractivity contribution in [2.75, 3.05) is 11.4 Å². The Morgan fingerprint density at radius 2 is 2.28 bits per heavy atom. The van der Waals surface area contributed by atoms with Crippen LogP contribution in [0.5, 0.6) is 0 Å². The van der Waals surface area contributed by atoms with E-state index in [1.54, 1.807) is 6.07 Å². The maximum atomic E-state index is 14.1. The standard InChI is InChI=1S/C14H18FN3/c1-10(17)11-3-6-14(13(15)9-11)18(8-2-7-16)12-4-5-12/h3,6,9-10,12H,2,4-5,8,17H2,1H3. The molecule has 1 aromatic carbocycles. The molecule has 1 aromatic rings. The summed E-state index contributed by atoms with van der Waals surface area (Å²) in [5.41, 5.74) is 7.13. The van der Waals surface area contributed by atoms with Gasteiger partial charge in [-0.15, -0.1) is 0 Å². The minimum absolute atomic E-state index is 0.165. The molecule has 0 aliphatic heterocycles. The molecule has 1 aliphatic rings. The second-order valence-corrected chi connectivity index (χ2v) is 4.83. The van der Waals surface area contributed by atoms with Crippen molar-refractivity contribution in [3.63, 3.8) is 0 Å². The molecule has 3 nitrogen and oxygen atoms in total. The van der Waals surface area contributed by atoms with E-state index in [1.807, 2.05) is 17.9 Å². The van der Waals surface area contributed by atoms with Gasteiger partial charge in [0.2, 0.25) is 0 Å². The highest BCUT2D eigenvalue weighted by molar-refractivity contribution is 5.51. The van der Waals surface area contributed by atoms with Crippen LogP contribution in [0.15, 0.2) is 18.2 Å². The summed E-state index contributed by atoms with van der Waals surface area (Å²) < 4.78 is 14.1. The number of rotatable bonds is 5. The second-order valence-electron chi connectivity index (χ2n) is 4.83. The predicted octanol–water partition coefficient (Wildman–Crippen LogP) is 2.73. The largest absolute Gasteiger partial charge is 0.365 e. The molecule has 96 valence electrons. The molecule has 18 heavy (non-hydrogen) atoms. The number of benzene rings is 1. The van der Waals surface area contributed by atoms with Crippen LogP contribution in [0, 0.1) is 17.1 Å². The minimum Gasteiger partial charge on any atom is -0.365 e. The molecule has 0 aromatic heterocycles. The fourth-order valence-corrected chi connectivity index (χ4v) is 2.10. The first kappa shape index (κ1) is 12.8. The molecule has 1 unspecified atom stereocenters. The molecule has 1 fully saturated rings. The molecule has 0 spiro atoms. The highest BCUT2D eigenvalue weighted by Gasteiger charge is 2.30. The van der Waals surface area contributed by atoms with E-state index in [2.05, 4.69) is 6.07 Å². The van der Waals surface area contributed by atoms with Gasteiger partial charge >= 0.3 is 0 Å². The van der Waals surface area contributed by atoms with E-state index in [9.17, 15) is 4.39 Å². The van der Waals surface area contributed by atoms with E-state index in [0.29, 0.717) is 24.7 Å². The lowest BCUT2D eigenvalue weighted by molar-refractivity contribution is 0.610. The summed E-state index contributed by atoms with van der Waals surface area (Å²) in [7, 11) is 0. The summed E-state index contributed by atoms with van der Waals surface area (Å²) in [5, 5.41) is 8.66. The first-order valence-corrected chi connectivity index (χ1v) is 6.32. The lowest BCUT2D eigenvalue weighted by Crippen LogP contribution is -2.27. The van der Waals surface area contributed by atoms with Crippen LogP contribution in [0.1, 0.15) is 37.8 Å². The number of hydrogen-bond donors (Lipinski definition) is 1. The Bertz CT molecular complexity index is 461. The Morgan fingerprint density at radius 1 is 1.56 bits per heavy atom. The predicted molar refractivity (Wildman–Crippen MR) is 69.6 cm³/mol. The Balaban J connectivity index is 2.22. The van der Waals surface area contributed by atoms with Gasteiger partial charge in [0.1, 0.15) is 5.82 Å². The van der Waals surface area contributed by atoms with Gasteiger partial charge in [0.15, 0.2) is 0 Å². The summed E-state index contributed by atoms with van der Waals surface area (Å²) in [6.45, 7) is 2.43. The van der Waals surface area contributed by atoms with Crippen molar-refractivity contribution in [2.24, 2.45) is 5.73 Å². The molecule has 0 saturated heterocycles. The summed E-state index contributed by atoms with van der Waals surface area (Å²) in [6, 6.07) is 7.50. The van der Waals surface area contributed by atoms with Crippen molar-refractivity contribution in [3.8, 4) is 6.07 Å². The lowest BCUT2D eigenvalue weighted by atomic mass is 10.1. The monoisotopic (exact) mass is 247 g/mol. The molecule has 2 N–H and O–H groups in total. The molecular weight excluding hydrogens is 229 g/mol. The number of nitrogens with two attached hydrogens (primary N) is 1. The number of anilines is 1. The SMILES string of the molecule is CC(N)c1ccc(N(CCC#N)C2CC2)c(F)c1. The van der Waals surface area contributed by atoms with Crippen LogP contribution in [0.3, 0.4) is 0 Å². The quantitative estimate of drug-likeness (QED) is 0.870. The number of nitriles is 1. The Kier molecular flexibility index (Phi) is 3.83. The van der Waals surface area contributed by atoms with Crippen molar-refractivity contribution in [1.29, 1.82) is 5.26 Å². The van der Waals surface area contributed by atoms with E-state index >= 15 is 0 Å². The van der Waals surface area contributed by atoms with Crippen LogP contribution in [-0.4, -0.2) is 12.6 Å². The maximum absolute atomic E-state index is 14.1. The third kappa shape index (κ3) is 2.80. The third-order valence-electron chi connectivity index (χ3n) is 3.26. The van der Waals surface area contributed by atoms with E-state index < -0.39 is 0 Å². The van der Waals surface area contributed by atoms with Gasteiger partial charge in [-0.25, -0.2) is 4.39 Å². The van der Waals surface area contributed by atoms with Gasteiger partial charge in [-0.1, -0.05) is 6.07 Å². The van der Waals surface area contributed by atoms with Crippen molar-refractivity contribution in [2.45, 2.75) is 38.3 Å². The molecule has 1 aliphatic carbocycles. The smallest absolute Gasteiger partial charge is 0.146 e. The van der Waals surface area contributed by atoms with Crippen molar-refractivity contribution >= 4 is 5.69 Å². The summed E-state index contributed by atoms with van der Waals surface area (Å²) in [6.07, 6.45) is 2.59. The molecular formula is C14H18FN3. The third-order valence-corrected chi connectivity index (χ3v) is 3.26. The number of halogens is 1. The van der Waals surface area contributed by atoms with E-state index in [4.69, 9.17) is 11.0 Å². The summed E-state index contributed by atoms with van der Waals surface area (Å²) in [4.78, 5) is 2.00. The van der Waals surface area contributed by atoms with Crippen molar-refractivity contribution in [3.05, 3.63) is 29.6 Å². The fraction of sp³-hybridized carbons (Fsp3) is 0.500. The van der Waals surface area contributed by atoms with Gasteiger partial charge in [0, 0.05) is 18.6 Å². The van der Waals surface area contributed by atoms with Crippen molar-refractivity contribution < 1.29 is 4.39 Å². The Morgan fingerprint density at radius 3 is 2.78 bits per heavy atom. The van der Waals surface area contributed by atoms with Crippen LogP contribution in [0.4, 0.5) is 10.1 Å². The van der Waals surface area contributed by atoms with Crippen LogP contribution < -0.4 is 10.6 Å². The first-order valence-electron chi connectivity index (χ1n) is 6.32. The van der Waals surface area contributed by atoms with Gasteiger partial charge in [-0.2, -0.15) is 5.26 Å². The van der Waals surface area contributed by atoms with Gasteiger partial charge in [0.25, 0.3) is 0 Å². The molecule has 1 atom stereocenters. The Hall–Kier alpha value is -1.60.